The molecule has 1 fully saturated rings. The first-order valence-corrected chi connectivity index (χ1v) is 14.8. The number of hydrogen-bond donors (Lipinski definition) is 5. The first-order chi connectivity index (χ1) is 22.2. The van der Waals surface area contributed by atoms with Gasteiger partial charge in [0.05, 0.1) is 16.0 Å². The van der Waals surface area contributed by atoms with Crippen LogP contribution in [-0.4, -0.2) is 69.5 Å². The Morgan fingerprint density at radius 1 is 1.11 bits per heavy atom. The van der Waals surface area contributed by atoms with Gasteiger partial charge in [-0.3, -0.25) is 4.79 Å². The van der Waals surface area contributed by atoms with Crippen molar-refractivity contribution in [3.63, 3.8) is 0 Å². The molecule has 0 bridgehead atoms. The quantitative estimate of drug-likeness (QED) is 0.0960. The fourth-order valence-electron chi connectivity index (χ4n) is 5.11. The summed E-state index contributed by atoms with van der Waals surface area (Å²) in [5, 5.41) is 33.7. The zero-order valence-corrected chi connectivity index (χ0v) is 26.9. The maximum Gasteiger partial charge on any atom is 0.364 e. The van der Waals surface area contributed by atoms with Gasteiger partial charge in [-0.25, -0.2) is 9.59 Å². The van der Waals surface area contributed by atoms with E-state index in [0.29, 0.717) is 5.56 Å². The van der Waals surface area contributed by atoms with Gasteiger partial charge in [-0.2, -0.15) is 0 Å². The minimum Gasteiger partial charge on any atom is -0.506 e. The molecule has 248 valence electrons. The SMILES string of the molecule is CO[C@@H]1[C@@H](OC(=O)c2ccc(C)[nH]2)[C@@H](O)[C@H](Oc2ccc3c(O)c(NC(=O)/C=C/c4ccc(O)c(Cl)c4)c(=O)oc3c2Cl)OC1(C)C. The summed E-state index contributed by atoms with van der Waals surface area (Å²) >= 11 is 12.4. The smallest absolute Gasteiger partial charge is 0.364 e. The molecule has 15 heteroatoms. The van der Waals surface area contributed by atoms with Gasteiger partial charge in [-0.1, -0.05) is 29.3 Å². The number of fused-ring (bicyclic) bond motifs is 1. The molecule has 1 aliphatic rings. The van der Waals surface area contributed by atoms with Gasteiger partial charge in [0.25, 0.3) is 0 Å². The van der Waals surface area contributed by atoms with Crippen LogP contribution in [0.25, 0.3) is 17.0 Å². The number of carbonyl (C=O) groups excluding carboxylic acids is 2. The van der Waals surface area contributed by atoms with Crippen LogP contribution in [0.3, 0.4) is 0 Å². The van der Waals surface area contributed by atoms with Crippen LogP contribution in [0.1, 0.15) is 35.6 Å². The molecule has 0 spiro atoms. The number of H-pyrrole nitrogens is 1. The Morgan fingerprint density at radius 2 is 1.85 bits per heavy atom. The first kappa shape index (κ1) is 33.8. The number of anilines is 1. The van der Waals surface area contributed by atoms with E-state index in [1.807, 2.05) is 0 Å². The Hall–Kier alpha value is -4.53. The molecule has 1 amide bonds. The number of aromatic hydroxyl groups is 2. The van der Waals surface area contributed by atoms with Crippen molar-refractivity contribution in [2.75, 3.05) is 12.4 Å². The van der Waals surface area contributed by atoms with Crippen molar-refractivity contribution in [2.45, 2.75) is 51.0 Å². The van der Waals surface area contributed by atoms with Crippen molar-refractivity contribution in [3.05, 3.63) is 86.0 Å². The molecular weight excluding hydrogens is 659 g/mol. The number of aliphatic hydroxyl groups excluding tert-OH is 1. The molecule has 47 heavy (non-hydrogen) atoms. The maximum atomic E-state index is 12.9. The molecule has 0 unspecified atom stereocenters. The topological polar surface area (TPSA) is 190 Å². The summed E-state index contributed by atoms with van der Waals surface area (Å²) in [5.41, 5.74) is -1.67. The third-order valence-corrected chi connectivity index (χ3v) is 8.07. The van der Waals surface area contributed by atoms with E-state index in [-0.39, 0.29) is 38.2 Å². The standard InChI is InChI=1S/C32H30Cl2N2O11/c1-14-5-9-18(35-14)29(41)46-27-25(40)31(47-32(2,3)28(27)43-4)44-20-11-8-16-24(39)23(30(42)45-26(16)22(20)34)36-21(38)12-7-15-6-10-19(37)17(33)13-15/h5-13,25,27-28,31,35,37,39-40H,1-4H3,(H,36,38)/b12-7+/t25-,27+,28-,31-/m1/s1. The minimum absolute atomic E-state index is 0.0375. The van der Waals surface area contributed by atoms with Crippen LogP contribution in [-0.2, 0) is 19.0 Å². The molecule has 4 aromatic rings. The molecule has 13 nitrogen and oxygen atoms in total. The van der Waals surface area contributed by atoms with Crippen molar-refractivity contribution >= 4 is 57.8 Å². The summed E-state index contributed by atoms with van der Waals surface area (Å²) in [5.74, 6) is -2.36. The van der Waals surface area contributed by atoms with Crippen molar-refractivity contribution < 1.29 is 48.3 Å². The number of aryl methyl sites for hydroxylation is 1. The largest absolute Gasteiger partial charge is 0.506 e. The van der Waals surface area contributed by atoms with Gasteiger partial charge in [0.2, 0.25) is 12.2 Å². The average molecular weight is 690 g/mol. The molecule has 2 aromatic heterocycles. The first-order valence-electron chi connectivity index (χ1n) is 14.1. The van der Waals surface area contributed by atoms with Gasteiger partial charge in [-0.05, 0) is 68.8 Å². The van der Waals surface area contributed by atoms with Crippen LogP contribution in [0.4, 0.5) is 5.69 Å². The molecule has 2 aromatic carbocycles. The van der Waals surface area contributed by atoms with Gasteiger partial charge in [0, 0.05) is 18.9 Å². The van der Waals surface area contributed by atoms with Crippen LogP contribution >= 0.6 is 23.2 Å². The second-order valence-electron chi connectivity index (χ2n) is 11.2. The van der Waals surface area contributed by atoms with Crippen LogP contribution in [0.2, 0.25) is 10.0 Å². The van der Waals surface area contributed by atoms with Crippen LogP contribution in [0, 0.1) is 6.92 Å². The number of phenolic OH excluding ortho intramolecular Hbond substituents is 1. The Balaban J connectivity index is 1.38. The second-order valence-corrected chi connectivity index (χ2v) is 12.0. The highest BCUT2D eigenvalue weighted by atomic mass is 35.5. The maximum absolute atomic E-state index is 12.9. The molecule has 3 heterocycles. The Labute approximate surface area is 277 Å². The van der Waals surface area contributed by atoms with E-state index >= 15 is 0 Å². The number of methoxy groups -OCH3 is 1. The number of aromatic nitrogens is 1. The number of nitrogens with one attached hydrogen (secondary N) is 2. The number of carbonyl (C=O) groups is 2. The lowest BCUT2D eigenvalue weighted by atomic mass is 9.89. The number of halogens is 2. The van der Waals surface area contributed by atoms with E-state index in [1.54, 1.807) is 32.9 Å². The van der Waals surface area contributed by atoms with Gasteiger partial charge in [0.15, 0.2) is 29.2 Å². The lowest BCUT2D eigenvalue weighted by molar-refractivity contribution is -0.305. The van der Waals surface area contributed by atoms with Crippen molar-refractivity contribution in [1.82, 2.24) is 4.98 Å². The zero-order chi connectivity index (χ0) is 34.2. The molecule has 5 rings (SSSR count). The highest BCUT2D eigenvalue weighted by Gasteiger charge is 2.53. The van der Waals surface area contributed by atoms with E-state index in [0.717, 1.165) is 11.8 Å². The van der Waals surface area contributed by atoms with Crippen molar-refractivity contribution in [3.8, 4) is 17.2 Å². The summed E-state index contributed by atoms with van der Waals surface area (Å²) < 4.78 is 28.4. The summed E-state index contributed by atoms with van der Waals surface area (Å²) in [6.07, 6.45) is -2.68. The molecule has 4 atom stereocenters. The van der Waals surface area contributed by atoms with Gasteiger partial charge >= 0.3 is 11.6 Å². The van der Waals surface area contributed by atoms with Crippen LogP contribution in [0.5, 0.6) is 17.2 Å². The summed E-state index contributed by atoms with van der Waals surface area (Å²) in [4.78, 5) is 41.1. The van der Waals surface area contributed by atoms with Crippen LogP contribution < -0.4 is 15.7 Å². The normalized spacial score (nSPS) is 20.7. The van der Waals surface area contributed by atoms with E-state index in [2.05, 4.69) is 10.3 Å². The van der Waals surface area contributed by atoms with E-state index in [1.165, 1.54) is 43.5 Å². The van der Waals surface area contributed by atoms with Crippen molar-refractivity contribution in [2.24, 2.45) is 0 Å². The Kier molecular flexibility index (Phi) is 9.57. The number of phenols is 1. The lowest BCUT2D eigenvalue weighted by Crippen LogP contribution is -2.65. The number of aliphatic hydroxyl groups is 1. The number of hydrogen-bond acceptors (Lipinski definition) is 11. The monoisotopic (exact) mass is 688 g/mol. The van der Waals surface area contributed by atoms with Gasteiger partial charge in [-0.15, -0.1) is 0 Å². The zero-order valence-electron chi connectivity index (χ0n) is 25.4. The molecule has 1 aliphatic heterocycles. The van der Waals surface area contributed by atoms with E-state index in [9.17, 15) is 29.7 Å². The average Bonchev–Trinajstić information content (AvgIpc) is 3.46. The number of benzene rings is 2. The molecule has 0 aliphatic carbocycles. The number of ether oxygens (including phenoxy) is 4. The highest BCUT2D eigenvalue weighted by Crippen LogP contribution is 2.41. The number of aromatic amines is 1. The summed E-state index contributed by atoms with van der Waals surface area (Å²) in [6, 6.07) is 10.2. The van der Waals surface area contributed by atoms with Crippen LogP contribution in [0.15, 0.2) is 57.8 Å². The fourth-order valence-corrected chi connectivity index (χ4v) is 5.55. The third kappa shape index (κ3) is 6.94. The predicted octanol–water partition coefficient (Wildman–Crippen LogP) is 4.91. The molecule has 0 saturated carbocycles. The number of esters is 1. The molecular formula is C32H30Cl2N2O11. The van der Waals surface area contributed by atoms with Crippen molar-refractivity contribution in [1.29, 1.82) is 0 Å². The number of amides is 1. The lowest BCUT2D eigenvalue weighted by Gasteiger charge is -2.47. The van der Waals surface area contributed by atoms with E-state index < -0.39 is 59.1 Å². The summed E-state index contributed by atoms with van der Waals surface area (Å²) in [6.45, 7) is 5.09. The summed E-state index contributed by atoms with van der Waals surface area (Å²) in [7, 11) is 1.39. The Morgan fingerprint density at radius 3 is 2.51 bits per heavy atom. The molecule has 5 N–H and O–H groups in total. The minimum atomic E-state index is -1.57. The molecule has 0 radical (unpaired) electrons. The predicted molar refractivity (Wildman–Crippen MR) is 171 cm³/mol. The van der Waals surface area contributed by atoms with Gasteiger partial charge in [0.1, 0.15) is 28.3 Å². The Bertz CT molecular complexity index is 1930. The van der Waals surface area contributed by atoms with E-state index in [4.69, 9.17) is 46.6 Å². The second kappa shape index (κ2) is 13.3. The van der Waals surface area contributed by atoms with Gasteiger partial charge < -0.3 is 49.0 Å². The highest BCUT2D eigenvalue weighted by molar-refractivity contribution is 6.36. The third-order valence-electron chi connectivity index (χ3n) is 7.41. The number of rotatable bonds is 8. The fraction of sp³-hybridized carbons (Fsp3) is 0.281. The molecule has 1 saturated heterocycles.